The van der Waals surface area contributed by atoms with Crippen molar-refractivity contribution in [1.29, 1.82) is 0 Å². The molecule has 0 aliphatic rings. The second-order valence-corrected chi connectivity index (χ2v) is 4.78. The van der Waals surface area contributed by atoms with Gasteiger partial charge in [0.05, 0.1) is 18.3 Å². The zero-order valence-electron chi connectivity index (χ0n) is 10.1. The number of benzene rings is 1. The van der Waals surface area contributed by atoms with Crippen LogP contribution in [0.5, 0.6) is 5.75 Å². The summed E-state index contributed by atoms with van der Waals surface area (Å²) in [6.07, 6.45) is 0. The van der Waals surface area contributed by atoms with Crippen molar-refractivity contribution in [2.75, 3.05) is 13.7 Å². The topological polar surface area (TPSA) is 58.6 Å². The van der Waals surface area contributed by atoms with Crippen LogP contribution in [0.15, 0.2) is 18.2 Å². The van der Waals surface area contributed by atoms with Crippen LogP contribution in [-0.4, -0.2) is 30.3 Å². The highest BCUT2D eigenvalue weighted by Crippen LogP contribution is 2.22. The van der Waals surface area contributed by atoms with Gasteiger partial charge in [-0.1, -0.05) is 11.6 Å². The van der Waals surface area contributed by atoms with Gasteiger partial charge in [0, 0.05) is 11.6 Å². The van der Waals surface area contributed by atoms with Crippen molar-refractivity contribution in [3.05, 3.63) is 28.8 Å². The summed E-state index contributed by atoms with van der Waals surface area (Å²) in [7, 11) is 1.47. The molecule has 1 aromatic carbocycles. The zero-order valence-corrected chi connectivity index (χ0v) is 10.8. The number of hydrogen-bond acceptors (Lipinski definition) is 3. The Kier molecular flexibility index (Phi) is 4.37. The van der Waals surface area contributed by atoms with E-state index in [4.69, 9.17) is 16.3 Å². The standard InChI is InChI=1S/C12H16ClNO3/c1-12(2,16)7-14-11(15)9-5-4-8(13)6-10(9)17-3/h4-6,16H,7H2,1-3H3,(H,14,15). The molecule has 0 atom stereocenters. The molecular formula is C12H16ClNO3. The Morgan fingerprint density at radius 2 is 2.18 bits per heavy atom. The summed E-state index contributed by atoms with van der Waals surface area (Å²) < 4.78 is 5.07. The molecule has 0 fully saturated rings. The first kappa shape index (κ1) is 13.8. The Hall–Kier alpha value is -1.26. The highest BCUT2D eigenvalue weighted by molar-refractivity contribution is 6.30. The van der Waals surface area contributed by atoms with E-state index in [-0.39, 0.29) is 12.5 Å². The fourth-order valence-corrected chi connectivity index (χ4v) is 1.41. The summed E-state index contributed by atoms with van der Waals surface area (Å²) >= 11 is 5.80. The quantitative estimate of drug-likeness (QED) is 0.866. The highest BCUT2D eigenvalue weighted by atomic mass is 35.5. The highest BCUT2D eigenvalue weighted by Gasteiger charge is 2.17. The monoisotopic (exact) mass is 257 g/mol. The van der Waals surface area contributed by atoms with Gasteiger partial charge in [-0.15, -0.1) is 0 Å². The predicted molar refractivity (Wildman–Crippen MR) is 66.6 cm³/mol. The van der Waals surface area contributed by atoms with Crippen LogP contribution in [0.2, 0.25) is 5.02 Å². The summed E-state index contributed by atoms with van der Waals surface area (Å²) in [4.78, 5) is 11.8. The van der Waals surface area contributed by atoms with Gasteiger partial charge in [0.1, 0.15) is 5.75 Å². The van der Waals surface area contributed by atoms with Crippen LogP contribution in [-0.2, 0) is 0 Å². The molecule has 1 aromatic rings. The Balaban J connectivity index is 2.82. The predicted octanol–water partition coefficient (Wildman–Crippen LogP) is 1.85. The smallest absolute Gasteiger partial charge is 0.255 e. The Morgan fingerprint density at radius 3 is 2.71 bits per heavy atom. The minimum atomic E-state index is -0.949. The molecule has 0 aliphatic carbocycles. The van der Waals surface area contributed by atoms with Crippen LogP contribution >= 0.6 is 11.6 Å². The molecule has 0 aromatic heterocycles. The number of amides is 1. The first-order chi connectivity index (χ1) is 7.83. The van der Waals surface area contributed by atoms with Gasteiger partial charge < -0.3 is 15.2 Å². The number of aliphatic hydroxyl groups is 1. The third kappa shape index (κ3) is 4.24. The second-order valence-electron chi connectivity index (χ2n) is 4.34. The van der Waals surface area contributed by atoms with Gasteiger partial charge in [-0.3, -0.25) is 4.79 Å². The fourth-order valence-electron chi connectivity index (χ4n) is 1.24. The van der Waals surface area contributed by atoms with E-state index in [0.29, 0.717) is 16.3 Å². The van der Waals surface area contributed by atoms with Gasteiger partial charge >= 0.3 is 0 Å². The minimum absolute atomic E-state index is 0.164. The number of nitrogens with one attached hydrogen (secondary N) is 1. The third-order valence-electron chi connectivity index (χ3n) is 2.09. The van der Waals surface area contributed by atoms with Gasteiger partial charge in [-0.2, -0.15) is 0 Å². The molecule has 0 spiro atoms. The van der Waals surface area contributed by atoms with Crippen molar-refractivity contribution in [3.63, 3.8) is 0 Å². The molecular weight excluding hydrogens is 242 g/mol. The average molecular weight is 258 g/mol. The van der Waals surface area contributed by atoms with E-state index >= 15 is 0 Å². The minimum Gasteiger partial charge on any atom is -0.496 e. The lowest BCUT2D eigenvalue weighted by Crippen LogP contribution is -2.38. The van der Waals surface area contributed by atoms with E-state index in [1.165, 1.54) is 7.11 Å². The molecule has 17 heavy (non-hydrogen) atoms. The molecule has 0 heterocycles. The lowest BCUT2D eigenvalue weighted by molar-refractivity contribution is 0.0693. The Morgan fingerprint density at radius 1 is 1.53 bits per heavy atom. The molecule has 0 aliphatic heterocycles. The average Bonchev–Trinajstić information content (AvgIpc) is 2.24. The van der Waals surface area contributed by atoms with E-state index in [2.05, 4.69) is 5.32 Å². The zero-order chi connectivity index (χ0) is 13.1. The molecule has 1 amide bonds. The molecule has 94 valence electrons. The molecule has 0 radical (unpaired) electrons. The van der Waals surface area contributed by atoms with Crippen LogP contribution < -0.4 is 10.1 Å². The van der Waals surface area contributed by atoms with Crippen molar-refractivity contribution in [1.82, 2.24) is 5.32 Å². The lowest BCUT2D eigenvalue weighted by Gasteiger charge is -2.18. The maximum absolute atomic E-state index is 11.8. The number of carbonyl (C=O) groups excluding carboxylic acids is 1. The maximum atomic E-state index is 11.8. The lowest BCUT2D eigenvalue weighted by atomic mass is 10.1. The molecule has 0 unspecified atom stereocenters. The molecule has 4 nitrogen and oxygen atoms in total. The first-order valence-corrected chi connectivity index (χ1v) is 5.55. The summed E-state index contributed by atoms with van der Waals surface area (Å²) in [5.41, 5.74) is -0.559. The first-order valence-electron chi connectivity index (χ1n) is 5.17. The van der Waals surface area contributed by atoms with Gasteiger partial charge in [0.2, 0.25) is 0 Å². The summed E-state index contributed by atoms with van der Waals surface area (Å²) in [6.45, 7) is 3.40. The van der Waals surface area contributed by atoms with Crippen molar-refractivity contribution < 1.29 is 14.6 Å². The normalized spacial score (nSPS) is 11.1. The number of ether oxygens (including phenoxy) is 1. The SMILES string of the molecule is COc1cc(Cl)ccc1C(=O)NCC(C)(C)O. The largest absolute Gasteiger partial charge is 0.496 e. The number of halogens is 1. The van der Waals surface area contributed by atoms with Gasteiger partial charge in [-0.05, 0) is 32.0 Å². The van der Waals surface area contributed by atoms with E-state index in [0.717, 1.165) is 0 Å². The van der Waals surface area contributed by atoms with E-state index in [1.807, 2.05) is 0 Å². The van der Waals surface area contributed by atoms with Crippen molar-refractivity contribution in [3.8, 4) is 5.75 Å². The van der Waals surface area contributed by atoms with Crippen LogP contribution in [0.3, 0.4) is 0 Å². The fraction of sp³-hybridized carbons (Fsp3) is 0.417. The van der Waals surface area contributed by atoms with E-state index in [1.54, 1.807) is 32.0 Å². The number of hydrogen-bond donors (Lipinski definition) is 2. The van der Waals surface area contributed by atoms with Crippen molar-refractivity contribution >= 4 is 17.5 Å². The van der Waals surface area contributed by atoms with E-state index < -0.39 is 5.60 Å². The molecule has 0 saturated carbocycles. The molecule has 1 rings (SSSR count). The second kappa shape index (κ2) is 5.38. The molecule has 5 heteroatoms. The molecule has 2 N–H and O–H groups in total. The Bertz CT molecular complexity index is 413. The van der Waals surface area contributed by atoms with Gasteiger partial charge in [0.15, 0.2) is 0 Å². The Labute approximate surface area is 106 Å². The third-order valence-corrected chi connectivity index (χ3v) is 2.32. The van der Waals surface area contributed by atoms with Crippen LogP contribution in [0.1, 0.15) is 24.2 Å². The van der Waals surface area contributed by atoms with Crippen LogP contribution in [0.25, 0.3) is 0 Å². The van der Waals surface area contributed by atoms with Gasteiger partial charge in [0.25, 0.3) is 5.91 Å². The van der Waals surface area contributed by atoms with Crippen LogP contribution in [0, 0.1) is 0 Å². The summed E-state index contributed by atoms with van der Waals surface area (Å²) in [5.74, 6) is 0.103. The number of methoxy groups -OCH3 is 1. The molecule has 0 saturated heterocycles. The number of rotatable bonds is 4. The van der Waals surface area contributed by atoms with Gasteiger partial charge in [-0.25, -0.2) is 0 Å². The summed E-state index contributed by atoms with van der Waals surface area (Å²) in [6, 6.07) is 4.77. The van der Waals surface area contributed by atoms with E-state index in [9.17, 15) is 9.90 Å². The maximum Gasteiger partial charge on any atom is 0.255 e. The number of carbonyl (C=O) groups is 1. The molecule has 0 bridgehead atoms. The van der Waals surface area contributed by atoms with Crippen molar-refractivity contribution in [2.24, 2.45) is 0 Å². The van der Waals surface area contributed by atoms with Crippen molar-refractivity contribution in [2.45, 2.75) is 19.4 Å². The van der Waals surface area contributed by atoms with Crippen LogP contribution in [0.4, 0.5) is 0 Å². The summed E-state index contributed by atoms with van der Waals surface area (Å²) in [5, 5.41) is 12.6.